The first-order valence-electron chi connectivity index (χ1n) is 11.9. The van der Waals surface area contributed by atoms with Gasteiger partial charge in [-0.25, -0.2) is 4.79 Å². The number of rotatable bonds is 5. The minimum atomic E-state index is -1.41. The molecule has 1 N–H and O–H groups in total. The summed E-state index contributed by atoms with van der Waals surface area (Å²) in [5.41, 5.74) is 0.766. The number of ketones is 2. The van der Waals surface area contributed by atoms with Crippen LogP contribution in [0.25, 0.3) is 0 Å². The van der Waals surface area contributed by atoms with Crippen molar-refractivity contribution in [3.05, 3.63) is 11.6 Å². The molecule has 0 amide bonds. The van der Waals surface area contributed by atoms with E-state index < -0.39 is 12.1 Å². The molecule has 4 aliphatic rings. The van der Waals surface area contributed by atoms with Gasteiger partial charge in [-0.05, 0) is 74.2 Å². The third-order valence-corrected chi connectivity index (χ3v) is 9.18. The Kier molecular flexibility index (Phi) is 5.97. The fourth-order valence-electron chi connectivity index (χ4n) is 7.88. The van der Waals surface area contributed by atoms with Crippen LogP contribution >= 0.6 is 0 Å². The molecule has 176 valence electrons. The van der Waals surface area contributed by atoms with Crippen molar-refractivity contribution in [2.45, 2.75) is 78.2 Å². The van der Waals surface area contributed by atoms with Crippen LogP contribution in [0.15, 0.2) is 11.6 Å². The topological polar surface area (TPSA) is 107 Å². The molecular formula is C25H34O7. The summed E-state index contributed by atoms with van der Waals surface area (Å²) in [6.45, 7) is 5.85. The Hall–Kier alpha value is -2.18. The predicted molar refractivity (Wildman–Crippen MR) is 115 cm³/mol. The van der Waals surface area contributed by atoms with Gasteiger partial charge in [0.15, 0.2) is 5.78 Å². The van der Waals surface area contributed by atoms with Gasteiger partial charge in [0.1, 0.15) is 18.5 Å². The average Bonchev–Trinajstić information content (AvgIpc) is 3.05. The second-order valence-electron chi connectivity index (χ2n) is 10.7. The summed E-state index contributed by atoms with van der Waals surface area (Å²) in [6, 6.07) is 0. The van der Waals surface area contributed by atoms with Gasteiger partial charge in [-0.3, -0.25) is 14.4 Å². The molecule has 0 aromatic carbocycles. The van der Waals surface area contributed by atoms with Crippen LogP contribution in [-0.4, -0.2) is 41.5 Å². The highest BCUT2D eigenvalue weighted by Crippen LogP contribution is 2.67. The number of ether oxygens (including phenoxy) is 2. The van der Waals surface area contributed by atoms with Gasteiger partial charge in [-0.1, -0.05) is 19.4 Å². The van der Waals surface area contributed by atoms with Crippen molar-refractivity contribution >= 4 is 23.7 Å². The monoisotopic (exact) mass is 446 g/mol. The molecule has 0 radical (unpaired) electrons. The summed E-state index contributed by atoms with van der Waals surface area (Å²) in [6.07, 6.45) is 5.54. The maximum Gasteiger partial charge on any atom is 0.505 e. The first kappa shape index (κ1) is 23.0. The maximum atomic E-state index is 12.7. The Balaban J connectivity index is 1.65. The van der Waals surface area contributed by atoms with E-state index in [1.54, 1.807) is 6.92 Å². The van der Waals surface area contributed by atoms with Gasteiger partial charge in [0.25, 0.3) is 0 Å². The zero-order valence-corrected chi connectivity index (χ0v) is 19.2. The fourth-order valence-corrected chi connectivity index (χ4v) is 7.88. The molecule has 7 unspecified atom stereocenters. The van der Waals surface area contributed by atoms with Crippen LogP contribution in [0.5, 0.6) is 0 Å². The number of esters is 1. The van der Waals surface area contributed by atoms with Crippen LogP contribution < -0.4 is 0 Å². The lowest BCUT2D eigenvalue weighted by atomic mass is 9.46. The Morgan fingerprint density at radius 1 is 1.16 bits per heavy atom. The highest BCUT2D eigenvalue weighted by atomic mass is 16.7. The molecule has 0 saturated heterocycles. The molecule has 3 saturated carbocycles. The smallest absolute Gasteiger partial charge is 0.462 e. The first-order chi connectivity index (χ1) is 15.1. The minimum absolute atomic E-state index is 0.0253. The lowest BCUT2D eigenvalue weighted by Gasteiger charge is -2.60. The molecule has 0 aromatic heterocycles. The van der Waals surface area contributed by atoms with Crippen molar-refractivity contribution < 1.29 is 33.8 Å². The van der Waals surface area contributed by atoms with Crippen molar-refractivity contribution in [2.75, 3.05) is 6.61 Å². The van der Waals surface area contributed by atoms with E-state index in [-0.39, 0.29) is 53.4 Å². The molecule has 0 heterocycles. The second-order valence-corrected chi connectivity index (χ2v) is 10.7. The number of allylic oxidation sites excluding steroid dienone is 1. The summed E-state index contributed by atoms with van der Waals surface area (Å²) in [5.74, 6) is 0.726. The molecule has 0 aromatic rings. The van der Waals surface area contributed by atoms with E-state index in [1.165, 1.54) is 5.57 Å². The number of carboxylic acid groups (broad SMARTS) is 1. The van der Waals surface area contributed by atoms with Gasteiger partial charge in [0, 0.05) is 18.3 Å². The van der Waals surface area contributed by atoms with Crippen molar-refractivity contribution in [1.82, 2.24) is 0 Å². The molecular weight excluding hydrogens is 412 g/mol. The molecule has 4 aliphatic carbocycles. The molecule has 7 atom stereocenters. The Morgan fingerprint density at radius 2 is 1.91 bits per heavy atom. The first-order valence-corrected chi connectivity index (χ1v) is 11.9. The highest BCUT2D eigenvalue weighted by molar-refractivity contribution is 5.91. The third-order valence-electron chi connectivity index (χ3n) is 9.18. The van der Waals surface area contributed by atoms with Gasteiger partial charge in [0.05, 0.1) is 6.42 Å². The van der Waals surface area contributed by atoms with E-state index >= 15 is 0 Å². The summed E-state index contributed by atoms with van der Waals surface area (Å²) in [7, 11) is 0. The van der Waals surface area contributed by atoms with Gasteiger partial charge < -0.3 is 14.6 Å². The van der Waals surface area contributed by atoms with Crippen LogP contribution in [0.3, 0.4) is 0 Å². The largest absolute Gasteiger partial charge is 0.505 e. The van der Waals surface area contributed by atoms with Gasteiger partial charge >= 0.3 is 12.1 Å². The summed E-state index contributed by atoms with van der Waals surface area (Å²) < 4.78 is 10.5. The van der Waals surface area contributed by atoms with Crippen LogP contribution in [0.4, 0.5) is 4.79 Å². The normalized spacial score (nSPS) is 40.4. The third kappa shape index (κ3) is 3.77. The number of hydrogen-bond donors (Lipinski definition) is 1. The van der Waals surface area contributed by atoms with Gasteiger partial charge in [-0.15, -0.1) is 0 Å². The van der Waals surface area contributed by atoms with Crippen molar-refractivity contribution in [3.63, 3.8) is 0 Å². The number of carbonyl (C=O) groups is 4. The SMILES string of the molecule is CC(=O)C1CCC2C3CCC4=CC(=O)CCC4(C)C3C(OC(=O)CCOC(=O)O)CC12C. The summed E-state index contributed by atoms with van der Waals surface area (Å²) in [4.78, 5) is 47.9. The number of carbonyl (C=O) groups excluding carboxylic acids is 3. The maximum absolute atomic E-state index is 12.7. The molecule has 7 heteroatoms. The van der Waals surface area contributed by atoms with E-state index in [1.807, 2.05) is 6.08 Å². The Morgan fingerprint density at radius 3 is 2.59 bits per heavy atom. The standard InChI is InChI=1S/C25H34O7/c1-14(26)18-6-7-19-17-5-4-15-12-16(27)8-10-24(15,2)22(17)20(13-25(18,19)3)32-21(28)9-11-31-23(29)30/h12,17-20,22H,4-11,13H2,1-3H3,(H,29,30). The number of Topliss-reactive ketones (excluding diaryl/α,β-unsaturated/α-hetero) is 1. The van der Waals surface area contributed by atoms with E-state index in [9.17, 15) is 19.2 Å². The predicted octanol–water partition coefficient (Wildman–Crippen LogP) is 4.33. The molecule has 7 nitrogen and oxygen atoms in total. The van der Waals surface area contributed by atoms with Gasteiger partial charge in [0.2, 0.25) is 0 Å². The van der Waals surface area contributed by atoms with E-state index in [0.717, 1.165) is 32.1 Å². The lowest BCUT2D eigenvalue weighted by Crippen LogP contribution is -2.58. The van der Waals surface area contributed by atoms with Gasteiger partial charge in [-0.2, -0.15) is 0 Å². The summed E-state index contributed by atoms with van der Waals surface area (Å²) in [5, 5.41) is 8.66. The second kappa shape index (κ2) is 8.31. The number of hydrogen-bond acceptors (Lipinski definition) is 6. The number of fused-ring (bicyclic) bond motifs is 5. The Bertz CT molecular complexity index is 860. The average molecular weight is 447 g/mol. The minimum Gasteiger partial charge on any atom is -0.462 e. The molecule has 32 heavy (non-hydrogen) atoms. The molecule has 3 fully saturated rings. The quantitative estimate of drug-likeness (QED) is 0.626. The zero-order chi connectivity index (χ0) is 23.3. The highest BCUT2D eigenvalue weighted by Gasteiger charge is 2.63. The van der Waals surface area contributed by atoms with Crippen molar-refractivity contribution in [2.24, 2.45) is 34.5 Å². The van der Waals surface area contributed by atoms with E-state index in [2.05, 4.69) is 18.6 Å². The van der Waals surface area contributed by atoms with Crippen molar-refractivity contribution in [3.8, 4) is 0 Å². The fraction of sp³-hybridized carbons (Fsp3) is 0.760. The van der Waals surface area contributed by atoms with Crippen LogP contribution in [0.1, 0.15) is 72.1 Å². The van der Waals surface area contributed by atoms with Crippen molar-refractivity contribution in [1.29, 1.82) is 0 Å². The van der Waals surface area contributed by atoms with Crippen LogP contribution in [0.2, 0.25) is 0 Å². The van der Waals surface area contributed by atoms with E-state index in [4.69, 9.17) is 9.84 Å². The molecule has 0 bridgehead atoms. The van der Waals surface area contributed by atoms with Crippen LogP contribution in [-0.2, 0) is 23.9 Å². The van der Waals surface area contributed by atoms with Crippen LogP contribution in [0, 0.1) is 34.5 Å². The van der Waals surface area contributed by atoms with E-state index in [0.29, 0.717) is 24.7 Å². The summed E-state index contributed by atoms with van der Waals surface area (Å²) >= 11 is 0. The molecule has 4 rings (SSSR count). The zero-order valence-electron chi connectivity index (χ0n) is 19.2. The molecule has 0 spiro atoms. The molecule has 0 aliphatic heterocycles. The lowest BCUT2D eigenvalue weighted by molar-refractivity contribution is -0.178. The Labute approximate surface area is 188 Å².